The third-order valence-corrected chi connectivity index (χ3v) is 3.62. The van der Waals surface area contributed by atoms with E-state index in [1.54, 1.807) is 30.3 Å². The van der Waals surface area contributed by atoms with Gasteiger partial charge in [-0.1, -0.05) is 41.4 Å². The first kappa shape index (κ1) is 15.1. The van der Waals surface area contributed by atoms with Crippen molar-refractivity contribution in [1.82, 2.24) is 0 Å². The van der Waals surface area contributed by atoms with Gasteiger partial charge in [-0.3, -0.25) is 0 Å². The quantitative estimate of drug-likeness (QED) is 0.542. The molecule has 0 aromatic heterocycles. The molecule has 2 nitrogen and oxygen atoms in total. The number of carbonyl (C=O) groups is 1. The highest BCUT2D eigenvalue weighted by molar-refractivity contribution is 9.10. The lowest BCUT2D eigenvalue weighted by Gasteiger charge is -2.13. The van der Waals surface area contributed by atoms with Gasteiger partial charge in [0, 0.05) is 9.50 Å². The van der Waals surface area contributed by atoms with Crippen molar-refractivity contribution < 1.29 is 9.53 Å². The minimum Gasteiger partial charge on any atom is -0.423 e. The summed E-state index contributed by atoms with van der Waals surface area (Å²) < 4.78 is 6.45. The van der Waals surface area contributed by atoms with Gasteiger partial charge in [-0.25, -0.2) is 4.79 Å². The third-order valence-electron chi connectivity index (χ3n) is 2.88. The van der Waals surface area contributed by atoms with Gasteiger partial charge in [0.2, 0.25) is 0 Å². The highest BCUT2D eigenvalue weighted by Gasteiger charge is 2.14. The summed E-state index contributed by atoms with van der Waals surface area (Å²) >= 11 is 9.23. The van der Waals surface area contributed by atoms with Crippen LogP contribution in [0.4, 0.5) is 0 Å². The number of rotatable bonds is 3. The van der Waals surface area contributed by atoms with Crippen molar-refractivity contribution in [3.63, 3.8) is 0 Å². The van der Waals surface area contributed by atoms with Crippen molar-refractivity contribution in [2.75, 3.05) is 0 Å². The Labute approximate surface area is 131 Å². The molecule has 0 saturated heterocycles. The Morgan fingerprint density at radius 1 is 1.15 bits per heavy atom. The number of benzene rings is 2. The van der Waals surface area contributed by atoms with Crippen LogP contribution < -0.4 is 4.74 Å². The zero-order valence-corrected chi connectivity index (χ0v) is 13.5. The molecule has 0 N–H and O–H groups in total. The Bertz CT molecular complexity index is 621. The molecule has 0 saturated carbocycles. The van der Waals surface area contributed by atoms with Gasteiger partial charge in [0.25, 0.3) is 0 Å². The molecule has 2 aromatic rings. The van der Waals surface area contributed by atoms with E-state index in [0.717, 1.165) is 10.0 Å². The fraction of sp³-hybridized carbons (Fsp3) is 0.188. The first-order chi connectivity index (χ1) is 9.47. The SMILES string of the molecule is CC(C)c1cc(Br)ccc1OC(=O)c1ccc(Cl)cc1. The minimum absolute atomic E-state index is 0.264. The molecular weight excluding hydrogens is 340 g/mol. The van der Waals surface area contributed by atoms with E-state index in [0.29, 0.717) is 16.3 Å². The summed E-state index contributed by atoms with van der Waals surface area (Å²) in [4.78, 5) is 12.1. The number of hydrogen-bond acceptors (Lipinski definition) is 2. The molecule has 0 radical (unpaired) electrons. The smallest absolute Gasteiger partial charge is 0.343 e. The summed E-state index contributed by atoms with van der Waals surface area (Å²) in [5, 5.41) is 0.591. The Kier molecular flexibility index (Phi) is 4.84. The molecule has 20 heavy (non-hydrogen) atoms. The van der Waals surface area contributed by atoms with Gasteiger partial charge >= 0.3 is 5.97 Å². The van der Waals surface area contributed by atoms with E-state index in [9.17, 15) is 4.79 Å². The van der Waals surface area contributed by atoms with Crippen molar-refractivity contribution >= 4 is 33.5 Å². The highest BCUT2D eigenvalue weighted by atomic mass is 79.9. The molecule has 0 heterocycles. The molecule has 0 amide bonds. The fourth-order valence-corrected chi connectivity index (χ4v) is 2.31. The van der Waals surface area contributed by atoms with Gasteiger partial charge in [0.05, 0.1) is 5.56 Å². The van der Waals surface area contributed by atoms with Crippen molar-refractivity contribution in [2.24, 2.45) is 0 Å². The Balaban J connectivity index is 2.25. The standard InChI is InChI=1S/C16H14BrClO2/c1-10(2)14-9-12(17)5-8-15(14)20-16(19)11-3-6-13(18)7-4-11/h3-10H,1-2H3. The predicted octanol–water partition coefficient (Wildman–Crippen LogP) is 5.45. The Morgan fingerprint density at radius 2 is 1.80 bits per heavy atom. The van der Waals surface area contributed by atoms with Crippen molar-refractivity contribution in [3.8, 4) is 5.75 Å². The topological polar surface area (TPSA) is 26.3 Å². The van der Waals surface area contributed by atoms with Crippen molar-refractivity contribution in [3.05, 3.63) is 63.1 Å². The van der Waals surface area contributed by atoms with Crippen LogP contribution >= 0.6 is 27.5 Å². The largest absolute Gasteiger partial charge is 0.423 e. The van der Waals surface area contributed by atoms with Crippen LogP contribution in [0.15, 0.2) is 46.9 Å². The number of hydrogen-bond donors (Lipinski definition) is 0. The summed E-state index contributed by atoms with van der Waals surface area (Å²) in [5.41, 5.74) is 1.47. The maximum Gasteiger partial charge on any atom is 0.343 e. The molecule has 0 bridgehead atoms. The van der Waals surface area contributed by atoms with Gasteiger partial charge in [-0.05, 0) is 53.9 Å². The molecule has 0 aliphatic heterocycles. The van der Waals surface area contributed by atoms with E-state index in [1.165, 1.54) is 0 Å². The Hall–Kier alpha value is -1.32. The lowest BCUT2D eigenvalue weighted by molar-refractivity contribution is 0.0733. The zero-order chi connectivity index (χ0) is 14.7. The lowest BCUT2D eigenvalue weighted by atomic mass is 10.0. The van der Waals surface area contributed by atoms with E-state index in [4.69, 9.17) is 16.3 Å². The highest BCUT2D eigenvalue weighted by Crippen LogP contribution is 2.30. The van der Waals surface area contributed by atoms with Gasteiger partial charge in [-0.15, -0.1) is 0 Å². The van der Waals surface area contributed by atoms with E-state index in [1.807, 2.05) is 12.1 Å². The molecule has 0 aliphatic rings. The van der Waals surface area contributed by atoms with Crippen LogP contribution in [0.1, 0.15) is 35.7 Å². The van der Waals surface area contributed by atoms with Gasteiger partial charge in [0.15, 0.2) is 0 Å². The average Bonchev–Trinajstić information content (AvgIpc) is 2.41. The average molecular weight is 354 g/mol. The predicted molar refractivity (Wildman–Crippen MR) is 84.6 cm³/mol. The maximum absolute atomic E-state index is 12.1. The van der Waals surface area contributed by atoms with E-state index in [-0.39, 0.29) is 11.9 Å². The van der Waals surface area contributed by atoms with Crippen LogP contribution in [0.25, 0.3) is 0 Å². The number of carbonyl (C=O) groups excluding carboxylic acids is 1. The first-order valence-electron chi connectivity index (χ1n) is 6.24. The molecule has 0 atom stereocenters. The second kappa shape index (κ2) is 6.42. The molecule has 2 rings (SSSR count). The molecule has 0 spiro atoms. The number of esters is 1. The normalized spacial score (nSPS) is 10.7. The van der Waals surface area contributed by atoms with Crippen molar-refractivity contribution in [1.29, 1.82) is 0 Å². The van der Waals surface area contributed by atoms with Gasteiger partial charge in [0.1, 0.15) is 5.75 Å². The summed E-state index contributed by atoms with van der Waals surface area (Å²) in [6.45, 7) is 4.11. The third kappa shape index (κ3) is 3.62. The summed E-state index contributed by atoms with van der Waals surface area (Å²) in [6, 6.07) is 12.3. The fourth-order valence-electron chi connectivity index (χ4n) is 1.81. The first-order valence-corrected chi connectivity index (χ1v) is 7.41. The number of halogens is 2. The monoisotopic (exact) mass is 352 g/mol. The molecular formula is C16H14BrClO2. The van der Waals surface area contributed by atoms with E-state index in [2.05, 4.69) is 29.8 Å². The molecule has 104 valence electrons. The van der Waals surface area contributed by atoms with Crippen LogP contribution in [-0.4, -0.2) is 5.97 Å². The lowest BCUT2D eigenvalue weighted by Crippen LogP contribution is -2.10. The summed E-state index contributed by atoms with van der Waals surface area (Å²) in [5.74, 6) is 0.467. The molecule has 0 unspecified atom stereocenters. The van der Waals surface area contributed by atoms with E-state index < -0.39 is 0 Å². The number of ether oxygens (including phenoxy) is 1. The van der Waals surface area contributed by atoms with Gasteiger partial charge in [-0.2, -0.15) is 0 Å². The molecule has 0 fully saturated rings. The van der Waals surface area contributed by atoms with E-state index >= 15 is 0 Å². The maximum atomic E-state index is 12.1. The summed E-state index contributed by atoms with van der Waals surface area (Å²) in [7, 11) is 0. The molecule has 4 heteroatoms. The molecule has 0 aliphatic carbocycles. The van der Waals surface area contributed by atoms with Crippen LogP contribution in [0.5, 0.6) is 5.75 Å². The van der Waals surface area contributed by atoms with Crippen LogP contribution in [0.2, 0.25) is 5.02 Å². The van der Waals surface area contributed by atoms with Gasteiger partial charge < -0.3 is 4.74 Å². The second-order valence-electron chi connectivity index (χ2n) is 4.73. The second-order valence-corrected chi connectivity index (χ2v) is 6.09. The van der Waals surface area contributed by atoms with Crippen molar-refractivity contribution in [2.45, 2.75) is 19.8 Å². The van der Waals surface area contributed by atoms with Crippen LogP contribution in [0.3, 0.4) is 0 Å². The van der Waals surface area contributed by atoms with Crippen LogP contribution in [0, 0.1) is 0 Å². The minimum atomic E-state index is -0.383. The molecule has 2 aromatic carbocycles. The summed E-state index contributed by atoms with van der Waals surface area (Å²) in [6.07, 6.45) is 0. The zero-order valence-electron chi connectivity index (χ0n) is 11.2. The Morgan fingerprint density at radius 3 is 2.40 bits per heavy atom. The van der Waals surface area contributed by atoms with Crippen LogP contribution in [-0.2, 0) is 0 Å².